The molecule has 0 spiro atoms. The van der Waals surface area contributed by atoms with Crippen LogP contribution in [-0.2, 0) is 7.05 Å². The van der Waals surface area contributed by atoms with Crippen LogP contribution < -0.4 is 16.2 Å². The van der Waals surface area contributed by atoms with Crippen molar-refractivity contribution >= 4 is 34.4 Å². The number of carbonyl (C=O) groups excluding carboxylic acids is 2. The maximum Gasteiger partial charge on any atom is 0.274 e. The van der Waals surface area contributed by atoms with E-state index in [1.54, 1.807) is 44.3 Å². The molecule has 9 heteroatoms. The molecule has 3 N–H and O–H groups in total. The minimum absolute atomic E-state index is 0.214. The zero-order chi connectivity index (χ0) is 19.6. The summed E-state index contributed by atoms with van der Waals surface area (Å²) in [5.41, 5.74) is 1.40. The van der Waals surface area contributed by atoms with E-state index in [2.05, 4.69) is 20.7 Å². The number of aromatic amines is 1. The largest absolute Gasteiger partial charge is 0.350 e. The first kappa shape index (κ1) is 18.7. The molecule has 140 valence electrons. The van der Waals surface area contributed by atoms with Crippen molar-refractivity contribution in [2.24, 2.45) is 7.05 Å². The van der Waals surface area contributed by atoms with Crippen LogP contribution in [0, 0.1) is 6.92 Å². The average Bonchev–Trinajstić information content (AvgIpc) is 2.92. The van der Waals surface area contributed by atoms with Crippen LogP contribution >= 0.6 is 11.6 Å². The Kier molecular flexibility index (Phi) is 5.27. The Morgan fingerprint density at radius 1 is 1.15 bits per heavy atom. The van der Waals surface area contributed by atoms with Gasteiger partial charge < -0.3 is 10.6 Å². The number of benzene rings is 1. The molecule has 2 heterocycles. The fourth-order valence-electron chi connectivity index (χ4n) is 2.71. The Morgan fingerprint density at radius 3 is 2.44 bits per heavy atom. The third-order valence-corrected chi connectivity index (χ3v) is 4.24. The summed E-state index contributed by atoms with van der Waals surface area (Å²) >= 11 is 5.79. The second-order valence-electron chi connectivity index (χ2n) is 6.03. The van der Waals surface area contributed by atoms with Crippen LogP contribution in [0.4, 0.5) is 0 Å². The molecule has 0 aliphatic carbocycles. The summed E-state index contributed by atoms with van der Waals surface area (Å²) in [4.78, 5) is 40.9. The number of rotatable bonds is 5. The molecule has 0 unspecified atom stereocenters. The minimum Gasteiger partial charge on any atom is -0.350 e. The maximum absolute atomic E-state index is 12.5. The van der Waals surface area contributed by atoms with Crippen molar-refractivity contribution in [2.45, 2.75) is 6.92 Å². The van der Waals surface area contributed by atoms with Crippen LogP contribution in [0.2, 0.25) is 5.02 Å². The van der Waals surface area contributed by atoms with Gasteiger partial charge in [-0.25, -0.2) is 4.98 Å². The highest BCUT2D eigenvalue weighted by atomic mass is 35.5. The van der Waals surface area contributed by atoms with Crippen molar-refractivity contribution < 1.29 is 9.59 Å². The first-order chi connectivity index (χ1) is 12.9. The number of nitrogens with zero attached hydrogens (tertiary/aromatic N) is 2. The number of fused-ring (bicyclic) bond motifs is 1. The van der Waals surface area contributed by atoms with Gasteiger partial charge in [0, 0.05) is 36.4 Å². The predicted octanol–water partition coefficient (Wildman–Crippen LogP) is 1.38. The van der Waals surface area contributed by atoms with Gasteiger partial charge in [0.2, 0.25) is 0 Å². The number of carbonyl (C=O) groups is 2. The molecule has 0 atom stereocenters. The summed E-state index contributed by atoms with van der Waals surface area (Å²) in [6, 6.07) is 8.07. The molecule has 2 amide bonds. The average molecular weight is 388 g/mol. The molecular formula is C18H18ClN5O3. The van der Waals surface area contributed by atoms with Crippen LogP contribution in [0.25, 0.3) is 11.0 Å². The van der Waals surface area contributed by atoms with E-state index in [0.717, 1.165) is 0 Å². The highest BCUT2D eigenvalue weighted by Gasteiger charge is 2.17. The standard InChI is InChI=1S/C18H18ClN5O3/c1-10-9-13(14-15(22-10)24(2)23-18(14)27)17(26)21-8-7-20-16(25)11-3-5-12(19)6-4-11/h3-6,9H,7-8H2,1-2H3,(H,20,25)(H,21,26)(H,23,27). The van der Waals surface area contributed by atoms with Crippen LogP contribution in [0.3, 0.4) is 0 Å². The molecule has 0 saturated heterocycles. The number of amides is 2. The van der Waals surface area contributed by atoms with E-state index in [-0.39, 0.29) is 35.5 Å². The normalized spacial score (nSPS) is 10.8. The molecule has 0 aliphatic heterocycles. The van der Waals surface area contributed by atoms with Gasteiger partial charge in [0.1, 0.15) is 0 Å². The van der Waals surface area contributed by atoms with Gasteiger partial charge >= 0.3 is 0 Å². The number of hydrogen-bond donors (Lipinski definition) is 3. The van der Waals surface area contributed by atoms with E-state index in [1.807, 2.05) is 0 Å². The molecule has 0 bridgehead atoms. The molecule has 3 rings (SSSR count). The second-order valence-corrected chi connectivity index (χ2v) is 6.46. The lowest BCUT2D eigenvalue weighted by Gasteiger charge is -2.08. The van der Waals surface area contributed by atoms with Crippen LogP contribution in [0.15, 0.2) is 35.1 Å². The van der Waals surface area contributed by atoms with Gasteiger partial charge in [-0.15, -0.1) is 0 Å². The van der Waals surface area contributed by atoms with Crippen molar-refractivity contribution in [3.63, 3.8) is 0 Å². The van der Waals surface area contributed by atoms with Gasteiger partial charge in [-0.2, -0.15) is 0 Å². The Labute approximate surface area is 159 Å². The highest BCUT2D eigenvalue weighted by Crippen LogP contribution is 2.14. The van der Waals surface area contributed by atoms with Crippen molar-refractivity contribution in [2.75, 3.05) is 13.1 Å². The first-order valence-electron chi connectivity index (χ1n) is 8.25. The van der Waals surface area contributed by atoms with Gasteiger partial charge in [-0.05, 0) is 37.3 Å². The first-order valence-corrected chi connectivity index (χ1v) is 8.63. The fourth-order valence-corrected chi connectivity index (χ4v) is 2.84. The lowest BCUT2D eigenvalue weighted by molar-refractivity contribution is 0.0928. The molecule has 1 aromatic carbocycles. The minimum atomic E-state index is -0.400. The van der Waals surface area contributed by atoms with E-state index in [1.165, 1.54) is 4.68 Å². The molecule has 27 heavy (non-hydrogen) atoms. The van der Waals surface area contributed by atoms with E-state index in [9.17, 15) is 14.4 Å². The zero-order valence-corrected chi connectivity index (χ0v) is 15.6. The third-order valence-electron chi connectivity index (χ3n) is 3.99. The molecule has 3 aromatic rings. The summed E-state index contributed by atoms with van der Waals surface area (Å²) in [5.74, 6) is -0.662. The van der Waals surface area contributed by atoms with E-state index in [0.29, 0.717) is 21.9 Å². The Bertz CT molecular complexity index is 1070. The smallest absolute Gasteiger partial charge is 0.274 e. The van der Waals surface area contributed by atoms with E-state index in [4.69, 9.17) is 11.6 Å². The molecule has 0 saturated carbocycles. The number of halogens is 1. The van der Waals surface area contributed by atoms with Crippen LogP contribution in [0.5, 0.6) is 0 Å². The predicted molar refractivity (Wildman–Crippen MR) is 102 cm³/mol. The Balaban J connectivity index is 1.63. The molecule has 0 fully saturated rings. The summed E-state index contributed by atoms with van der Waals surface area (Å²) in [6.45, 7) is 2.21. The summed E-state index contributed by atoms with van der Waals surface area (Å²) in [7, 11) is 1.66. The quantitative estimate of drug-likeness (QED) is 0.574. The monoisotopic (exact) mass is 387 g/mol. The molecule has 8 nitrogen and oxygen atoms in total. The SMILES string of the molecule is Cc1cc(C(=O)NCCNC(=O)c2ccc(Cl)cc2)c2c(=O)[nH]n(C)c2n1. The van der Waals surface area contributed by atoms with Crippen molar-refractivity contribution in [3.05, 3.63) is 62.5 Å². The number of pyridine rings is 1. The number of H-pyrrole nitrogens is 1. The van der Waals surface area contributed by atoms with Crippen molar-refractivity contribution in [1.82, 2.24) is 25.4 Å². The van der Waals surface area contributed by atoms with Gasteiger partial charge in [-0.3, -0.25) is 24.2 Å². The lowest BCUT2D eigenvalue weighted by atomic mass is 10.1. The van der Waals surface area contributed by atoms with Gasteiger partial charge in [0.05, 0.1) is 10.9 Å². The van der Waals surface area contributed by atoms with Crippen molar-refractivity contribution in [1.29, 1.82) is 0 Å². The summed E-state index contributed by atoms with van der Waals surface area (Å²) < 4.78 is 1.48. The third kappa shape index (κ3) is 4.01. The number of aromatic nitrogens is 3. The number of hydrogen-bond acceptors (Lipinski definition) is 4. The van der Waals surface area contributed by atoms with Crippen LogP contribution in [0.1, 0.15) is 26.4 Å². The molecule has 0 aliphatic rings. The second kappa shape index (κ2) is 7.63. The molecule has 2 aromatic heterocycles. The Morgan fingerprint density at radius 2 is 1.78 bits per heavy atom. The zero-order valence-electron chi connectivity index (χ0n) is 14.8. The topological polar surface area (TPSA) is 109 Å². The highest BCUT2D eigenvalue weighted by molar-refractivity contribution is 6.30. The lowest BCUT2D eigenvalue weighted by Crippen LogP contribution is -2.35. The fraction of sp³-hybridized carbons (Fsp3) is 0.222. The summed E-state index contributed by atoms with van der Waals surface area (Å²) in [6.07, 6.45) is 0. The van der Waals surface area contributed by atoms with Crippen LogP contribution in [-0.4, -0.2) is 39.7 Å². The van der Waals surface area contributed by atoms with Crippen molar-refractivity contribution in [3.8, 4) is 0 Å². The number of aryl methyl sites for hydroxylation is 2. The summed E-state index contributed by atoms with van der Waals surface area (Å²) in [5, 5.41) is 8.80. The van der Waals surface area contributed by atoms with E-state index >= 15 is 0 Å². The maximum atomic E-state index is 12.5. The number of nitrogens with one attached hydrogen (secondary N) is 3. The van der Waals surface area contributed by atoms with Gasteiger partial charge in [0.15, 0.2) is 5.65 Å². The Hall–Kier alpha value is -3.13. The van der Waals surface area contributed by atoms with Gasteiger partial charge in [0.25, 0.3) is 17.4 Å². The van der Waals surface area contributed by atoms with Gasteiger partial charge in [-0.1, -0.05) is 11.6 Å². The molecule has 0 radical (unpaired) electrons. The van der Waals surface area contributed by atoms with E-state index < -0.39 is 5.91 Å². The molecular weight excluding hydrogens is 370 g/mol.